The molecule has 1 saturated heterocycles. The van der Waals surface area contributed by atoms with Gasteiger partial charge in [0.05, 0.1) is 17.6 Å². The van der Waals surface area contributed by atoms with E-state index in [2.05, 4.69) is 20.2 Å². The third-order valence-corrected chi connectivity index (χ3v) is 4.86. The average Bonchev–Trinajstić information content (AvgIpc) is 2.54. The molecular weight excluding hydrogens is 292 g/mol. The molecule has 0 bridgehead atoms. The van der Waals surface area contributed by atoms with Crippen molar-refractivity contribution in [3.05, 3.63) is 33.6 Å². The van der Waals surface area contributed by atoms with Crippen LogP contribution >= 0.6 is 0 Å². The Morgan fingerprint density at radius 3 is 3.22 bits per heavy atom. The molecular formula is C17H22N4O2. The zero-order valence-electron chi connectivity index (χ0n) is 13.4. The lowest BCUT2D eigenvalue weighted by molar-refractivity contribution is 0.114. The van der Waals surface area contributed by atoms with Gasteiger partial charge in [0.15, 0.2) is 0 Å². The topological polar surface area (TPSA) is 70.2 Å². The SMILES string of the molecule is CCc1cc2nc3c(cc2[nH]c1=O)CN1CCNC[C@H]1CCO3. The van der Waals surface area contributed by atoms with Crippen molar-refractivity contribution in [3.8, 4) is 5.88 Å². The zero-order chi connectivity index (χ0) is 15.8. The van der Waals surface area contributed by atoms with Crippen LogP contribution in [0.5, 0.6) is 5.88 Å². The lowest BCUT2D eigenvalue weighted by atomic mass is 10.1. The number of fused-ring (bicyclic) bond motifs is 3. The van der Waals surface area contributed by atoms with Gasteiger partial charge in [-0.1, -0.05) is 6.92 Å². The normalized spacial score (nSPS) is 21.9. The highest BCUT2D eigenvalue weighted by molar-refractivity contribution is 5.76. The lowest BCUT2D eigenvalue weighted by Crippen LogP contribution is -2.51. The van der Waals surface area contributed by atoms with Crippen molar-refractivity contribution in [2.24, 2.45) is 0 Å². The molecule has 0 saturated carbocycles. The summed E-state index contributed by atoms with van der Waals surface area (Å²) in [6.45, 7) is 6.54. The molecule has 4 rings (SSSR count). The fraction of sp³-hybridized carbons (Fsp3) is 0.529. The first kappa shape index (κ1) is 14.7. The second-order valence-corrected chi connectivity index (χ2v) is 6.33. The van der Waals surface area contributed by atoms with Crippen LogP contribution in [-0.2, 0) is 13.0 Å². The third kappa shape index (κ3) is 2.72. The van der Waals surface area contributed by atoms with E-state index in [9.17, 15) is 4.79 Å². The van der Waals surface area contributed by atoms with Gasteiger partial charge in [-0.25, -0.2) is 4.98 Å². The number of aromatic nitrogens is 2. The Morgan fingerprint density at radius 2 is 2.35 bits per heavy atom. The molecule has 0 aliphatic carbocycles. The molecule has 0 spiro atoms. The summed E-state index contributed by atoms with van der Waals surface area (Å²) in [4.78, 5) is 22.2. The van der Waals surface area contributed by atoms with Crippen LogP contribution < -0.4 is 15.6 Å². The number of aromatic amines is 1. The fourth-order valence-corrected chi connectivity index (χ4v) is 3.50. The van der Waals surface area contributed by atoms with Crippen molar-refractivity contribution >= 4 is 11.0 Å². The van der Waals surface area contributed by atoms with E-state index in [0.29, 0.717) is 24.9 Å². The number of aryl methyl sites for hydroxylation is 1. The summed E-state index contributed by atoms with van der Waals surface area (Å²) in [6.07, 6.45) is 1.71. The first-order valence-electron chi connectivity index (χ1n) is 8.38. The van der Waals surface area contributed by atoms with E-state index in [-0.39, 0.29) is 5.56 Å². The molecule has 6 heteroatoms. The Hall–Kier alpha value is -1.92. The van der Waals surface area contributed by atoms with Crippen LogP contribution in [0.25, 0.3) is 11.0 Å². The zero-order valence-corrected chi connectivity index (χ0v) is 13.4. The van der Waals surface area contributed by atoms with Crippen LogP contribution in [0.1, 0.15) is 24.5 Å². The fourth-order valence-electron chi connectivity index (χ4n) is 3.50. The molecule has 6 nitrogen and oxygen atoms in total. The summed E-state index contributed by atoms with van der Waals surface area (Å²) >= 11 is 0. The number of hydrogen-bond donors (Lipinski definition) is 2. The highest BCUT2D eigenvalue weighted by Gasteiger charge is 2.26. The maximum atomic E-state index is 12.0. The molecule has 122 valence electrons. The van der Waals surface area contributed by atoms with Crippen molar-refractivity contribution in [2.45, 2.75) is 32.4 Å². The highest BCUT2D eigenvalue weighted by atomic mass is 16.5. The van der Waals surface area contributed by atoms with E-state index < -0.39 is 0 Å². The monoisotopic (exact) mass is 314 g/mol. The van der Waals surface area contributed by atoms with Crippen molar-refractivity contribution < 1.29 is 4.74 Å². The van der Waals surface area contributed by atoms with Crippen LogP contribution in [0.2, 0.25) is 0 Å². The molecule has 4 heterocycles. The molecule has 2 aromatic heterocycles. The Morgan fingerprint density at radius 1 is 1.43 bits per heavy atom. The standard InChI is InChI=1S/C17H22N4O2/c1-2-11-7-15-14(19-16(11)22)8-12-10-21-5-4-18-9-13(21)3-6-23-17(12)20-15/h7-8,13,18H,2-6,9-10H2,1H3,(H,19,22)/t13-/m1/s1. The van der Waals surface area contributed by atoms with Gasteiger partial charge in [0.25, 0.3) is 5.56 Å². The van der Waals surface area contributed by atoms with Crippen LogP contribution in [-0.4, -0.2) is 47.2 Å². The van der Waals surface area contributed by atoms with Gasteiger partial charge in [-0.05, 0) is 25.0 Å². The Labute approximate surface area is 134 Å². The predicted octanol–water partition coefficient (Wildman–Crippen LogP) is 1.04. The van der Waals surface area contributed by atoms with Gasteiger partial charge >= 0.3 is 0 Å². The molecule has 2 N–H and O–H groups in total. The Bertz CT molecular complexity index is 786. The molecule has 0 aromatic carbocycles. The summed E-state index contributed by atoms with van der Waals surface area (Å²) in [5.41, 5.74) is 3.40. The molecule has 0 radical (unpaired) electrons. The third-order valence-electron chi connectivity index (χ3n) is 4.86. The largest absolute Gasteiger partial charge is 0.477 e. The molecule has 1 fully saturated rings. The second kappa shape index (κ2) is 5.94. The van der Waals surface area contributed by atoms with Gasteiger partial charge in [-0.15, -0.1) is 0 Å². The van der Waals surface area contributed by atoms with E-state index in [1.165, 1.54) is 0 Å². The quantitative estimate of drug-likeness (QED) is 0.823. The van der Waals surface area contributed by atoms with Crippen molar-refractivity contribution in [1.29, 1.82) is 0 Å². The van der Waals surface area contributed by atoms with E-state index in [0.717, 1.165) is 54.8 Å². The van der Waals surface area contributed by atoms with Crippen molar-refractivity contribution in [3.63, 3.8) is 0 Å². The van der Waals surface area contributed by atoms with Crippen LogP contribution in [0, 0.1) is 0 Å². The van der Waals surface area contributed by atoms with E-state index in [1.807, 2.05) is 19.1 Å². The van der Waals surface area contributed by atoms with E-state index in [4.69, 9.17) is 4.74 Å². The summed E-state index contributed by atoms with van der Waals surface area (Å²) in [6, 6.07) is 4.42. The van der Waals surface area contributed by atoms with Gasteiger partial charge in [0.1, 0.15) is 0 Å². The van der Waals surface area contributed by atoms with Crippen molar-refractivity contribution in [1.82, 2.24) is 20.2 Å². The predicted molar refractivity (Wildman–Crippen MR) is 88.9 cm³/mol. The van der Waals surface area contributed by atoms with Gasteiger partial charge in [0, 0.05) is 43.3 Å². The first-order valence-corrected chi connectivity index (χ1v) is 8.38. The number of rotatable bonds is 1. The number of nitrogens with one attached hydrogen (secondary N) is 2. The summed E-state index contributed by atoms with van der Waals surface area (Å²) in [5.74, 6) is 0.712. The number of nitrogens with zero attached hydrogens (tertiary/aromatic N) is 2. The van der Waals surface area contributed by atoms with E-state index in [1.54, 1.807) is 0 Å². The number of ether oxygens (including phenoxy) is 1. The van der Waals surface area contributed by atoms with Gasteiger partial charge in [-0.3, -0.25) is 9.69 Å². The summed E-state index contributed by atoms with van der Waals surface area (Å²) in [7, 11) is 0. The minimum absolute atomic E-state index is 0.0199. The number of H-pyrrole nitrogens is 1. The minimum atomic E-state index is -0.0199. The minimum Gasteiger partial charge on any atom is -0.477 e. The van der Waals surface area contributed by atoms with Crippen LogP contribution in [0.15, 0.2) is 16.9 Å². The number of piperazine rings is 1. The maximum Gasteiger partial charge on any atom is 0.251 e. The van der Waals surface area contributed by atoms with Crippen LogP contribution in [0.3, 0.4) is 0 Å². The molecule has 2 aromatic rings. The Kier molecular flexibility index (Phi) is 3.79. The van der Waals surface area contributed by atoms with Crippen LogP contribution in [0.4, 0.5) is 0 Å². The lowest BCUT2D eigenvalue weighted by Gasteiger charge is -2.37. The van der Waals surface area contributed by atoms with Gasteiger partial charge in [0.2, 0.25) is 5.88 Å². The number of pyridine rings is 2. The number of hydrogen-bond acceptors (Lipinski definition) is 5. The smallest absolute Gasteiger partial charge is 0.251 e. The highest BCUT2D eigenvalue weighted by Crippen LogP contribution is 2.26. The molecule has 1 atom stereocenters. The average molecular weight is 314 g/mol. The molecule has 2 aliphatic rings. The van der Waals surface area contributed by atoms with Gasteiger partial charge in [-0.2, -0.15) is 0 Å². The molecule has 23 heavy (non-hydrogen) atoms. The maximum absolute atomic E-state index is 12.0. The molecule has 0 amide bonds. The Balaban J connectivity index is 1.78. The van der Waals surface area contributed by atoms with Gasteiger partial charge < -0.3 is 15.0 Å². The van der Waals surface area contributed by atoms with E-state index >= 15 is 0 Å². The molecule has 0 unspecified atom stereocenters. The second-order valence-electron chi connectivity index (χ2n) is 6.33. The summed E-state index contributed by atoms with van der Waals surface area (Å²) < 4.78 is 5.93. The molecule has 2 aliphatic heterocycles. The summed E-state index contributed by atoms with van der Waals surface area (Å²) in [5, 5.41) is 3.45. The van der Waals surface area contributed by atoms with Crippen molar-refractivity contribution in [2.75, 3.05) is 26.2 Å². The first-order chi connectivity index (χ1) is 11.2.